The second-order valence-corrected chi connectivity index (χ2v) is 7.73. The Morgan fingerprint density at radius 2 is 1.94 bits per heavy atom. The molecule has 9 heteroatoms. The van der Waals surface area contributed by atoms with Crippen LogP contribution in [0.15, 0.2) is 52.9 Å². The van der Waals surface area contributed by atoms with Gasteiger partial charge in [-0.1, -0.05) is 11.8 Å². The number of carbonyl (C=O) groups excluding carboxylic acids is 2. The predicted molar refractivity (Wildman–Crippen MR) is 131 cm³/mol. The standard InChI is InChI=1S/C25H25N3O5.ClH/c29-18-28(13-3-4-19-5-7-20(8-6-19)25(30)26-31)24-17-21-16-22(9-10-23(21)33-24)32-15-14-27-11-1-2-12-27;/h5-10,16-18,31H,1-2,11-15H2,(H,26,30);1H. The summed E-state index contributed by atoms with van der Waals surface area (Å²) in [4.78, 5) is 26.8. The molecule has 4 rings (SSSR count). The fraction of sp³-hybridized carbons (Fsp3) is 0.280. The van der Waals surface area contributed by atoms with E-state index in [1.807, 2.05) is 18.2 Å². The zero-order valence-corrected chi connectivity index (χ0v) is 19.3. The first-order chi connectivity index (χ1) is 16.2. The Labute approximate surface area is 203 Å². The minimum atomic E-state index is -0.591. The molecule has 1 aliphatic heterocycles. The normalized spacial score (nSPS) is 13.0. The van der Waals surface area contributed by atoms with E-state index >= 15 is 0 Å². The van der Waals surface area contributed by atoms with Crippen LogP contribution in [0.3, 0.4) is 0 Å². The van der Waals surface area contributed by atoms with Gasteiger partial charge in [-0.15, -0.1) is 12.4 Å². The van der Waals surface area contributed by atoms with Crippen LogP contribution in [-0.4, -0.2) is 55.2 Å². The van der Waals surface area contributed by atoms with E-state index in [-0.39, 0.29) is 19.0 Å². The number of carbonyl (C=O) groups is 2. The van der Waals surface area contributed by atoms with Gasteiger partial charge in [-0.25, -0.2) is 5.48 Å². The summed E-state index contributed by atoms with van der Waals surface area (Å²) in [6.45, 7) is 3.98. The van der Waals surface area contributed by atoms with Gasteiger partial charge in [-0.3, -0.25) is 24.6 Å². The highest BCUT2D eigenvalue weighted by Gasteiger charge is 2.13. The number of nitrogens with one attached hydrogen (secondary N) is 1. The Bertz CT molecular complexity index is 1180. The van der Waals surface area contributed by atoms with Crippen LogP contribution in [0.5, 0.6) is 5.75 Å². The lowest BCUT2D eigenvalue weighted by atomic mass is 10.1. The Balaban J connectivity index is 0.00000324. The van der Waals surface area contributed by atoms with E-state index in [9.17, 15) is 9.59 Å². The van der Waals surface area contributed by atoms with Gasteiger partial charge < -0.3 is 9.15 Å². The van der Waals surface area contributed by atoms with Crippen LogP contribution in [-0.2, 0) is 4.79 Å². The van der Waals surface area contributed by atoms with E-state index in [2.05, 4.69) is 16.7 Å². The van der Waals surface area contributed by atoms with Gasteiger partial charge in [0.25, 0.3) is 5.91 Å². The summed E-state index contributed by atoms with van der Waals surface area (Å²) in [7, 11) is 0. The molecule has 2 N–H and O–H groups in total. The van der Waals surface area contributed by atoms with E-state index in [0.29, 0.717) is 35.6 Å². The molecule has 1 saturated heterocycles. The number of likely N-dealkylation sites (tertiary alicyclic amines) is 1. The van der Waals surface area contributed by atoms with Gasteiger partial charge in [0.2, 0.25) is 12.3 Å². The molecule has 34 heavy (non-hydrogen) atoms. The summed E-state index contributed by atoms with van der Waals surface area (Å²) >= 11 is 0. The van der Waals surface area contributed by atoms with Crippen molar-refractivity contribution in [2.45, 2.75) is 12.8 Å². The van der Waals surface area contributed by atoms with Crippen LogP contribution in [0, 0.1) is 11.8 Å². The number of amides is 2. The first-order valence-electron chi connectivity index (χ1n) is 10.8. The molecular formula is C25H26ClN3O5. The lowest BCUT2D eigenvalue weighted by molar-refractivity contribution is -0.107. The summed E-state index contributed by atoms with van der Waals surface area (Å²) < 4.78 is 11.7. The number of fused-ring (bicyclic) bond motifs is 1. The molecule has 2 aromatic carbocycles. The third kappa shape index (κ3) is 6.29. The number of ether oxygens (including phenoxy) is 1. The fourth-order valence-electron chi connectivity index (χ4n) is 3.70. The van der Waals surface area contributed by atoms with Gasteiger partial charge in [-0.2, -0.15) is 0 Å². The minimum Gasteiger partial charge on any atom is -0.492 e. The van der Waals surface area contributed by atoms with Crippen LogP contribution in [0.1, 0.15) is 28.8 Å². The highest BCUT2D eigenvalue weighted by Crippen LogP contribution is 2.28. The number of anilines is 1. The monoisotopic (exact) mass is 483 g/mol. The van der Waals surface area contributed by atoms with E-state index < -0.39 is 5.91 Å². The van der Waals surface area contributed by atoms with Crippen LogP contribution in [0.25, 0.3) is 11.0 Å². The summed E-state index contributed by atoms with van der Waals surface area (Å²) in [6, 6.07) is 13.8. The molecule has 8 nitrogen and oxygen atoms in total. The number of hydrogen-bond acceptors (Lipinski definition) is 6. The molecule has 0 saturated carbocycles. The van der Waals surface area contributed by atoms with Gasteiger partial charge >= 0.3 is 0 Å². The van der Waals surface area contributed by atoms with Crippen LogP contribution in [0.4, 0.5) is 5.88 Å². The van der Waals surface area contributed by atoms with Gasteiger partial charge in [0.15, 0.2) is 0 Å². The van der Waals surface area contributed by atoms with Crippen LogP contribution in [0.2, 0.25) is 0 Å². The summed E-state index contributed by atoms with van der Waals surface area (Å²) in [6.07, 6.45) is 3.20. The predicted octanol–water partition coefficient (Wildman–Crippen LogP) is 3.46. The van der Waals surface area contributed by atoms with Gasteiger partial charge in [0.05, 0.1) is 6.54 Å². The molecule has 0 radical (unpaired) electrons. The van der Waals surface area contributed by atoms with E-state index in [1.54, 1.807) is 35.8 Å². The highest BCUT2D eigenvalue weighted by molar-refractivity contribution is 5.93. The van der Waals surface area contributed by atoms with Gasteiger partial charge in [-0.05, 0) is 68.4 Å². The van der Waals surface area contributed by atoms with Crippen molar-refractivity contribution in [3.05, 3.63) is 59.7 Å². The summed E-state index contributed by atoms with van der Waals surface area (Å²) in [5, 5.41) is 9.51. The number of nitrogens with zero attached hydrogens (tertiary/aromatic N) is 2. The number of hydrogen-bond donors (Lipinski definition) is 2. The average Bonchev–Trinajstić information content (AvgIpc) is 3.51. The van der Waals surface area contributed by atoms with Crippen molar-refractivity contribution in [3.8, 4) is 17.6 Å². The zero-order chi connectivity index (χ0) is 23.0. The number of halogens is 1. The molecule has 0 atom stereocenters. The molecule has 0 spiro atoms. The second kappa shape index (κ2) is 12.1. The maximum atomic E-state index is 11.6. The minimum absolute atomic E-state index is 0. The van der Waals surface area contributed by atoms with E-state index in [1.165, 1.54) is 17.7 Å². The van der Waals surface area contributed by atoms with Crippen molar-refractivity contribution in [2.24, 2.45) is 0 Å². The SMILES string of the molecule is Cl.O=CN(CC#Cc1ccc(C(=O)NO)cc1)c1cc2cc(OCCN3CCCC3)ccc2o1. The van der Waals surface area contributed by atoms with Crippen LogP contribution < -0.4 is 15.1 Å². The van der Waals surface area contributed by atoms with Gasteiger partial charge in [0.1, 0.15) is 17.9 Å². The molecule has 178 valence electrons. The first-order valence-corrected chi connectivity index (χ1v) is 10.8. The van der Waals surface area contributed by atoms with Crippen LogP contribution >= 0.6 is 12.4 Å². The van der Waals surface area contributed by atoms with Crippen molar-refractivity contribution >= 4 is 41.6 Å². The number of furan rings is 1. The Kier molecular flexibility index (Phi) is 8.93. The topological polar surface area (TPSA) is 95.2 Å². The molecule has 1 aromatic heterocycles. The van der Waals surface area contributed by atoms with Crippen molar-refractivity contribution < 1.29 is 24.0 Å². The number of rotatable bonds is 8. The molecular weight excluding hydrogens is 458 g/mol. The van der Waals surface area contributed by atoms with Crippen molar-refractivity contribution in [3.63, 3.8) is 0 Å². The van der Waals surface area contributed by atoms with Gasteiger partial charge in [0, 0.05) is 29.1 Å². The molecule has 2 heterocycles. The largest absolute Gasteiger partial charge is 0.492 e. The lowest BCUT2D eigenvalue weighted by Crippen LogP contribution is -2.25. The smallest absolute Gasteiger partial charge is 0.274 e. The first kappa shape index (κ1) is 25.1. The molecule has 3 aromatic rings. The highest BCUT2D eigenvalue weighted by atomic mass is 35.5. The quantitative estimate of drug-likeness (QED) is 0.220. The Morgan fingerprint density at radius 3 is 2.65 bits per heavy atom. The van der Waals surface area contributed by atoms with Crippen molar-refractivity contribution in [1.29, 1.82) is 0 Å². The molecule has 0 bridgehead atoms. The Morgan fingerprint density at radius 1 is 1.18 bits per heavy atom. The Hall–Kier alpha value is -3.51. The van der Waals surface area contributed by atoms with Crippen molar-refractivity contribution in [2.75, 3.05) is 37.7 Å². The molecule has 2 amide bonds. The number of benzene rings is 2. The maximum Gasteiger partial charge on any atom is 0.274 e. The molecule has 1 aliphatic rings. The van der Waals surface area contributed by atoms with Crippen molar-refractivity contribution in [1.82, 2.24) is 10.4 Å². The molecule has 0 aliphatic carbocycles. The maximum absolute atomic E-state index is 11.6. The summed E-state index contributed by atoms with van der Waals surface area (Å²) in [5.41, 5.74) is 3.24. The zero-order valence-electron chi connectivity index (χ0n) is 18.5. The fourth-order valence-corrected chi connectivity index (χ4v) is 3.70. The van der Waals surface area contributed by atoms with E-state index in [0.717, 1.165) is 30.8 Å². The lowest BCUT2D eigenvalue weighted by Gasteiger charge is -2.14. The van der Waals surface area contributed by atoms with E-state index in [4.69, 9.17) is 14.4 Å². The molecule has 1 fully saturated rings. The third-order valence-electron chi connectivity index (χ3n) is 5.49. The number of hydroxylamine groups is 1. The third-order valence-corrected chi connectivity index (χ3v) is 5.49. The second-order valence-electron chi connectivity index (χ2n) is 7.73. The molecule has 0 unspecified atom stereocenters. The summed E-state index contributed by atoms with van der Waals surface area (Å²) in [5.74, 6) is 6.45. The average molecular weight is 484 g/mol.